The quantitative estimate of drug-likeness (QED) is 0.766. The van der Waals surface area contributed by atoms with E-state index in [4.69, 9.17) is 0 Å². The number of H-pyrrole nitrogens is 1. The number of thiazole rings is 1. The van der Waals surface area contributed by atoms with Gasteiger partial charge in [-0.05, 0) is 13.8 Å². The second-order valence-electron chi connectivity index (χ2n) is 4.02. The molecule has 0 bridgehead atoms. The van der Waals surface area contributed by atoms with E-state index in [0.717, 1.165) is 32.8 Å². The molecule has 3 aromatic rings. The van der Waals surface area contributed by atoms with Crippen molar-refractivity contribution in [3.8, 4) is 22.1 Å². The Bertz CT molecular complexity index is 669. The number of hydrogen-bond acceptors (Lipinski definition) is 4. The van der Waals surface area contributed by atoms with Gasteiger partial charge >= 0.3 is 0 Å². The van der Waals surface area contributed by atoms with Gasteiger partial charge in [-0.3, -0.25) is 5.10 Å². The molecule has 18 heavy (non-hydrogen) atoms. The van der Waals surface area contributed by atoms with Gasteiger partial charge in [0.15, 0.2) is 11.6 Å². The fourth-order valence-corrected chi connectivity index (χ4v) is 2.69. The largest absolute Gasteiger partial charge is 0.258 e. The van der Waals surface area contributed by atoms with Crippen molar-refractivity contribution in [3.05, 3.63) is 41.0 Å². The standard InChI is InChI=1S/C13H12N4S/c1-8-11(18-9(2)14-8)13-15-12(16-17-13)10-6-4-3-5-7-10/h3-7H,1-2H3,(H,15,16,17). The van der Waals surface area contributed by atoms with E-state index in [1.807, 2.05) is 44.2 Å². The number of hydrogen-bond donors (Lipinski definition) is 1. The van der Waals surface area contributed by atoms with Crippen LogP contribution in [0.4, 0.5) is 0 Å². The number of rotatable bonds is 2. The first kappa shape index (κ1) is 11.1. The van der Waals surface area contributed by atoms with Crippen LogP contribution in [0, 0.1) is 13.8 Å². The molecular formula is C13H12N4S. The summed E-state index contributed by atoms with van der Waals surface area (Å²) < 4.78 is 0. The zero-order chi connectivity index (χ0) is 12.5. The number of benzene rings is 1. The SMILES string of the molecule is Cc1nc(C)c(-c2nc(-c3ccccc3)n[nH]2)s1. The molecule has 0 amide bonds. The van der Waals surface area contributed by atoms with Gasteiger partial charge in [0, 0.05) is 5.56 Å². The van der Waals surface area contributed by atoms with Crippen LogP contribution in [0.2, 0.25) is 0 Å². The number of nitrogens with zero attached hydrogens (tertiary/aromatic N) is 3. The molecule has 0 saturated heterocycles. The summed E-state index contributed by atoms with van der Waals surface area (Å²) >= 11 is 1.63. The molecule has 0 radical (unpaired) electrons. The lowest BCUT2D eigenvalue weighted by molar-refractivity contribution is 1.10. The molecule has 1 N–H and O–H groups in total. The van der Waals surface area contributed by atoms with E-state index >= 15 is 0 Å². The molecule has 0 atom stereocenters. The van der Waals surface area contributed by atoms with Crippen LogP contribution in [0.15, 0.2) is 30.3 Å². The lowest BCUT2D eigenvalue weighted by atomic mass is 10.2. The first-order valence-electron chi connectivity index (χ1n) is 5.66. The topological polar surface area (TPSA) is 54.5 Å². The van der Waals surface area contributed by atoms with Gasteiger partial charge in [-0.15, -0.1) is 11.3 Å². The van der Waals surface area contributed by atoms with E-state index in [9.17, 15) is 0 Å². The summed E-state index contributed by atoms with van der Waals surface area (Å²) in [5.74, 6) is 1.51. The second kappa shape index (κ2) is 4.34. The zero-order valence-corrected chi connectivity index (χ0v) is 11.0. The summed E-state index contributed by atoms with van der Waals surface area (Å²) in [6, 6.07) is 9.93. The molecule has 2 aromatic heterocycles. The van der Waals surface area contributed by atoms with Crippen molar-refractivity contribution in [1.82, 2.24) is 20.2 Å². The highest BCUT2D eigenvalue weighted by Gasteiger charge is 2.12. The van der Waals surface area contributed by atoms with Crippen molar-refractivity contribution in [2.75, 3.05) is 0 Å². The van der Waals surface area contributed by atoms with Crippen LogP contribution < -0.4 is 0 Å². The van der Waals surface area contributed by atoms with Crippen LogP contribution in [0.25, 0.3) is 22.1 Å². The average Bonchev–Trinajstić information content (AvgIpc) is 2.97. The first-order chi connectivity index (χ1) is 8.74. The number of aromatic amines is 1. The van der Waals surface area contributed by atoms with Crippen molar-refractivity contribution in [2.45, 2.75) is 13.8 Å². The molecule has 5 heteroatoms. The van der Waals surface area contributed by atoms with E-state index < -0.39 is 0 Å². The van der Waals surface area contributed by atoms with Crippen molar-refractivity contribution in [3.63, 3.8) is 0 Å². The Hall–Kier alpha value is -2.01. The molecule has 2 heterocycles. The van der Waals surface area contributed by atoms with E-state index in [2.05, 4.69) is 20.2 Å². The predicted octanol–water partition coefficient (Wildman–Crippen LogP) is 3.21. The summed E-state index contributed by atoms with van der Waals surface area (Å²) in [5, 5.41) is 8.28. The van der Waals surface area contributed by atoms with Gasteiger partial charge in [0.2, 0.25) is 0 Å². The summed E-state index contributed by atoms with van der Waals surface area (Å²) in [7, 11) is 0. The molecule has 0 aliphatic carbocycles. The van der Waals surface area contributed by atoms with Gasteiger partial charge in [0.25, 0.3) is 0 Å². The van der Waals surface area contributed by atoms with Gasteiger partial charge in [-0.25, -0.2) is 9.97 Å². The fraction of sp³-hybridized carbons (Fsp3) is 0.154. The van der Waals surface area contributed by atoms with Crippen LogP contribution in [0.3, 0.4) is 0 Å². The van der Waals surface area contributed by atoms with Crippen LogP contribution in [0.1, 0.15) is 10.7 Å². The third-order valence-corrected chi connectivity index (χ3v) is 3.72. The second-order valence-corrected chi connectivity index (χ2v) is 5.22. The molecule has 0 saturated carbocycles. The minimum absolute atomic E-state index is 0.719. The highest BCUT2D eigenvalue weighted by molar-refractivity contribution is 7.15. The van der Waals surface area contributed by atoms with E-state index in [1.165, 1.54) is 0 Å². The lowest BCUT2D eigenvalue weighted by Crippen LogP contribution is -1.81. The first-order valence-corrected chi connectivity index (χ1v) is 6.48. The Balaban J connectivity index is 2.02. The van der Waals surface area contributed by atoms with Gasteiger partial charge < -0.3 is 0 Å². The van der Waals surface area contributed by atoms with E-state index in [-0.39, 0.29) is 0 Å². The molecule has 0 aliphatic heterocycles. The molecule has 0 aliphatic rings. The van der Waals surface area contributed by atoms with Gasteiger partial charge in [-0.1, -0.05) is 30.3 Å². The highest BCUT2D eigenvalue weighted by atomic mass is 32.1. The summed E-state index contributed by atoms with van der Waals surface area (Å²) in [6.45, 7) is 3.99. The fourth-order valence-electron chi connectivity index (χ4n) is 1.83. The minimum Gasteiger partial charge on any atom is -0.258 e. The smallest absolute Gasteiger partial charge is 0.181 e. The molecule has 4 nitrogen and oxygen atoms in total. The number of aromatic nitrogens is 4. The van der Waals surface area contributed by atoms with Crippen LogP contribution in [-0.4, -0.2) is 20.2 Å². The summed E-state index contributed by atoms with van der Waals surface area (Å²) in [5.41, 5.74) is 2.01. The monoisotopic (exact) mass is 256 g/mol. The Labute approximate surface area is 109 Å². The molecule has 3 rings (SSSR count). The zero-order valence-electron chi connectivity index (χ0n) is 10.1. The molecule has 0 spiro atoms. The van der Waals surface area contributed by atoms with Crippen LogP contribution in [0.5, 0.6) is 0 Å². The van der Waals surface area contributed by atoms with Crippen molar-refractivity contribution in [2.24, 2.45) is 0 Å². The molecule has 1 aromatic carbocycles. The highest BCUT2D eigenvalue weighted by Crippen LogP contribution is 2.28. The summed E-state index contributed by atoms with van der Waals surface area (Å²) in [6.07, 6.45) is 0. The minimum atomic E-state index is 0.719. The Kier molecular flexibility index (Phi) is 2.68. The maximum Gasteiger partial charge on any atom is 0.181 e. The van der Waals surface area contributed by atoms with Gasteiger partial charge in [0.1, 0.15) is 0 Å². The predicted molar refractivity (Wildman–Crippen MR) is 72.4 cm³/mol. The Morgan fingerprint density at radius 2 is 1.83 bits per heavy atom. The Morgan fingerprint density at radius 3 is 2.50 bits per heavy atom. The van der Waals surface area contributed by atoms with Crippen molar-refractivity contribution in [1.29, 1.82) is 0 Å². The third-order valence-electron chi connectivity index (χ3n) is 2.64. The van der Waals surface area contributed by atoms with Gasteiger partial charge in [-0.2, -0.15) is 5.10 Å². The molecule has 0 fully saturated rings. The average molecular weight is 256 g/mol. The van der Waals surface area contributed by atoms with E-state index in [1.54, 1.807) is 11.3 Å². The maximum absolute atomic E-state index is 4.53. The third kappa shape index (κ3) is 1.93. The van der Waals surface area contributed by atoms with Crippen LogP contribution in [-0.2, 0) is 0 Å². The lowest BCUT2D eigenvalue weighted by Gasteiger charge is -1.92. The summed E-state index contributed by atoms with van der Waals surface area (Å²) in [4.78, 5) is 9.99. The van der Waals surface area contributed by atoms with E-state index in [0.29, 0.717) is 0 Å². The van der Waals surface area contributed by atoms with Crippen molar-refractivity contribution >= 4 is 11.3 Å². The Morgan fingerprint density at radius 1 is 1.06 bits per heavy atom. The number of nitrogens with one attached hydrogen (secondary N) is 1. The normalized spacial score (nSPS) is 10.8. The number of aryl methyl sites for hydroxylation is 2. The molecule has 90 valence electrons. The molecule has 0 unspecified atom stereocenters. The van der Waals surface area contributed by atoms with Gasteiger partial charge in [0.05, 0.1) is 15.6 Å². The maximum atomic E-state index is 4.53. The molecular weight excluding hydrogens is 244 g/mol. The van der Waals surface area contributed by atoms with Crippen molar-refractivity contribution < 1.29 is 0 Å². The van der Waals surface area contributed by atoms with Crippen LogP contribution >= 0.6 is 11.3 Å².